The Morgan fingerprint density at radius 1 is 1.12 bits per heavy atom. The molecule has 7 nitrogen and oxygen atoms in total. The predicted octanol–water partition coefficient (Wildman–Crippen LogP) is 2.81. The zero-order chi connectivity index (χ0) is 22.6. The van der Waals surface area contributed by atoms with E-state index in [1.807, 2.05) is 12.1 Å². The molecule has 0 spiro atoms. The van der Waals surface area contributed by atoms with Crippen LogP contribution in [-0.2, 0) is 21.4 Å². The van der Waals surface area contributed by atoms with Crippen LogP contribution in [0.5, 0.6) is 0 Å². The summed E-state index contributed by atoms with van der Waals surface area (Å²) in [6.45, 7) is 1.06. The van der Waals surface area contributed by atoms with E-state index >= 15 is 0 Å². The first-order valence-electron chi connectivity index (χ1n) is 11.4. The Bertz CT molecular complexity index is 978. The fourth-order valence-electron chi connectivity index (χ4n) is 5.05. The van der Waals surface area contributed by atoms with Crippen molar-refractivity contribution < 1.29 is 18.3 Å². The van der Waals surface area contributed by atoms with Crippen molar-refractivity contribution in [2.24, 2.45) is 0 Å². The van der Waals surface area contributed by atoms with Gasteiger partial charge in [-0.1, -0.05) is 30.3 Å². The highest BCUT2D eigenvalue weighted by Crippen LogP contribution is 2.34. The van der Waals surface area contributed by atoms with Gasteiger partial charge in [-0.2, -0.15) is 0 Å². The van der Waals surface area contributed by atoms with Crippen molar-refractivity contribution in [2.45, 2.75) is 62.8 Å². The number of sulfonamides is 1. The SMILES string of the molecule is CS(=O)(=O)N[C@H]1CCN(c2ccnc(CO)c2)[C@H]1COC1CCC(c2ccccc2)CC1. The summed E-state index contributed by atoms with van der Waals surface area (Å²) in [6, 6.07) is 14.1. The Balaban J connectivity index is 1.41. The second-order valence-corrected chi connectivity index (χ2v) is 10.7. The summed E-state index contributed by atoms with van der Waals surface area (Å²) in [5.41, 5.74) is 2.94. The standard InChI is InChI=1S/C24H33N3O4S/c1-32(29,30)26-23-12-14-27(21-11-13-25-20(15-21)16-28)24(23)17-31-22-9-7-19(8-10-22)18-5-3-2-4-6-18/h2-6,11,13,15,19,22-24,26,28H,7-10,12,14,16-17H2,1H3/t19?,22?,23-,24-/m0/s1. The summed E-state index contributed by atoms with van der Waals surface area (Å²) in [5.74, 6) is 0.590. The molecule has 32 heavy (non-hydrogen) atoms. The largest absolute Gasteiger partial charge is 0.390 e. The quantitative estimate of drug-likeness (QED) is 0.631. The second-order valence-electron chi connectivity index (χ2n) is 8.93. The summed E-state index contributed by atoms with van der Waals surface area (Å²) < 4.78 is 33.0. The van der Waals surface area contributed by atoms with Gasteiger partial charge in [-0.05, 0) is 55.7 Å². The monoisotopic (exact) mass is 459 g/mol. The average Bonchev–Trinajstić information content (AvgIpc) is 3.19. The first kappa shape index (κ1) is 23.2. The first-order chi connectivity index (χ1) is 15.4. The lowest BCUT2D eigenvalue weighted by Crippen LogP contribution is -2.48. The van der Waals surface area contributed by atoms with Crippen LogP contribution in [0.1, 0.15) is 49.3 Å². The zero-order valence-electron chi connectivity index (χ0n) is 18.6. The summed E-state index contributed by atoms with van der Waals surface area (Å²) >= 11 is 0. The number of nitrogens with one attached hydrogen (secondary N) is 1. The molecule has 2 aromatic rings. The minimum Gasteiger partial charge on any atom is -0.390 e. The van der Waals surface area contributed by atoms with E-state index in [9.17, 15) is 13.5 Å². The highest BCUT2D eigenvalue weighted by atomic mass is 32.2. The first-order valence-corrected chi connectivity index (χ1v) is 13.3. The van der Waals surface area contributed by atoms with Gasteiger partial charge in [0, 0.05) is 24.5 Å². The molecule has 1 aliphatic heterocycles. The molecule has 2 aliphatic rings. The van der Waals surface area contributed by atoms with Gasteiger partial charge in [0.2, 0.25) is 10.0 Å². The summed E-state index contributed by atoms with van der Waals surface area (Å²) in [6.07, 6.45) is 8.04. The van der Waals surface area contributed by atoms with E-state index < -0.39 is 10.0 Å². The average molecular weight is 460 g/mol. The van der Waals surface area contributed by atoms with Gasteiger partial charge in [-0.3, -0.25) is 4.98 Å². The number of benzene rings is 1. The number of aliphatic hydroxyl groups excluding tert-OH is 1. The Morgan fingerprint density at radius 2 is 1.88 bits per heavy atom. The van der Waals surface area contributed by atoms with Crippen LogP contribution in [0.25, 0.3) is 0 Å². The Hall–Kier alpha value is -2.00. The fraction of sp³-hybridized carbons (Fsp3) is 0.542. The van der Waals surface area contributed by atoms with E-state index in [2.05, 4.69) is 44.9 Å². The number of anilines is 1. The van der Waals surface area contributed by atoms with E-state index in [-0.39, 0.29) is 24.8 Å². The van der Waals surface area contributed by atoms with E-state index in [0.717, 1.165) is 37.9 Å². The molecule has 1 aromatic heterocycles. The van der Waals surface area contributed by atoms with Crippen LogP contribution in [-0.4, -0.2) is 56.1 Å². The molecule has 1 saturated carbocycles. The van der Waals surface area contributed by atoms with Gasteiger partial charge in [-0.25, -0.2) is 13.1 Å². The van der Waals surface area contributed by atoms with Crippen LogP contribution in [0.2, 0.25) is 0 Å². The number of pyridine rings is 1. The molecule has 2 fully saturated rings. The smallest absolute Gasteiger partial charge is 0.209 e. The molecule has 4 rings (SSSR count). The van der Waals surface area contributed by atoms with Crippen LogP contribution < -0.4 is 9.62 Å². The molecule has 0 radical (unpaired) electrons. The lowest BCUT2D eigenvalue weighted by molar-refractivity contribution is 0.0157. The molecule has 0 unspecified atom stereocenters. The molecule has 8 heteroatoms. The molecule has 0 amide bonds. The molecular weight excluding hydrogens is 426 g/mol. The van der Waals surface area contributed by atoms with Crippen molar-refractivity contribution >= 4 is 15.7 Å². The van der Waals surface area contributed by atoms with Crippen LogP contribution in [0.15, 0.2) is 48.7 Å². The zero-order valence-corrected chi connectivity index (χ0v) is 19.4. The maximum Gasteiger partial charge on any atom is 0.209 e. The van der Waals surface area contributed by atoms with E-state index in [1.165, 1.54) is 11.8 Å². The van der Waals surface area contributed by atoms with Crippen molar-refractivity contribution in [3.63, 3.8) is 0 Å². The molecule has 0 bridgehead atoms. The minimum atomic E-state index is -3.32. The number of hydrogen-bond acceptors (Lipinski definition) is 6. The molecule has 174 valence electrons. The van der Waals surface area contributed by atoms with Gasteiger partial charge in [0.05, 0.1) is 37.3 Å². The van der Waals surface area contributed by atoms with Crippen LogP contribution in [0, 0.1) is 0 Å². The summed E-state index contributed by atoms with van der Waals surface area (Å²) in [4.78, 5) is 6.34. The number of rotatable bonds is 8. The molecule has 2 N–H and O–H groups in total. The van der Waals surface area contributed by atoms with Crippen molar-refractivity contribution in [1.82, 2.24) is 9.71 Å². The fourth-order valence-corrected chi connectivity index (χ4v) is 5.87. The van der Waals surface area contributed by atoms with Gasteiger partial charge in [-0.15, -0.1) is 0 Å². The third kappa shape index (κ3) is 5.86. The van der Waals surface area contributed by atoms with Crippen molar-refractivity contribution in [1.29, 1.82) is 0 Å². The van der Waals surface area contributed by atoms with Crippen LogP contribution in [0.3, 0.4) is 0 Å². The third-order valence-electron chi connectivity index (χ3n) is 6.65. The van der Waals surface area contributed by atoms with Crippen molar-refractivity contribution in [3.8, 4) is 0 Å². The van der Waals surface area contributed by atoms with Gasteiger partial charge in [0.25, 0.3) is 0 Å². The lowest BCUT2D eigenvalue weighted by atomic mass is 9.83. The predicted molar refractivity (Wildman–Crippen MR) is 125 cm³/mol. The maximum absolute atomic E-state index is 11.9. The molecule has 2 heterocycles. The molecule has 1 aromatic carbocycles. The van der Waals surface area contributed by atoms with E-state index in [0.29, 0.717) is 24.6 Å². The topological polar surface area (TPSA) is 91.8 Å². The summed E-state index contributed by atoms with van der Waals surface area (Å²) in [5, 5.41) is 9.46. The Kier molecular flexibility index (Phi) is 7.45. The Labute approximate surface area is 190 Å². The lowest BCUT2D eigenvalue weighted by Gasteiger charge is -2.33. The number of hydrogen-bond donors (Lipinski definition) is 2. The van der Waals surface area contributed by atoms with E-state index in [4.69, 9.17) is 4.74 Å². The number of aromatic nitrogens is 1. The van der Waals surface area contributed by atoms with Gasteiger partial charge < -0.3 is 14.7 Å². The van der Waals surface area contributed by atoms with Gasteiger partial charge in [0.15, 0.2) is 0 Å². The Morgan fingerprint density at radius 3 is 2.56 bits per heavy atom. The number of nitrogens with zero attached hydrogens (tertiary/aromatic N) is 2. The van der Waals surface area contributed by atoms with Crippen molar-refractivity contribution in [3.05, 3.63) is 59.9 Å². The number of aliphatic hydroxyl groups is 1. The molecule has 1 saturated heterocycles. The van der Waals surface area contributed by atoms with Gasteiger partial charge >= 0.3 is 0 Å². The molecular formula is C24H33N3O4S. The van der Waals surface area contributed by atoms with E-state index in [1.54, 1.807) is 6.20 Å². The van der Waals surface area contributed by atoms with Crippen LogP contribution in [0.4, 0.5) is 5.69 Å². The highest BCUT2D eigenvalue weighted by molar-refractivity contribution is 7.88. The van der Waals surface area contributed by atoms with Crippen molar-refractivity contribution in [2.75, 3.05) is 24.3 Å². The second kappa shape index (κ2) is 10.3. The molecule has 2 atom stereocenters. The molecule has 1 aliphatic carbocycles. The maximum atomic E-state index is 11.9. The summed E-state index contributed by atoms with van der Waals surface area (Å²) in [7, 11) is -3.32. The van der Waals surface area contributed by atoms with Gasteiger partial charge in [0.1, 0.15) is 0 Å². The third-order valence-corrected chi connectivity index (χ3v) is 7.38. The number of ether oxygens (including phenoxy) is 1. The minimum absolute atomic E-state index is 0.106. The van der Waals surface area contributed by atoms with Crippen LogP contribution >= 0.6 is 0 Å². The highest BCUT2D eigenvalue weighted by Gasteiger charge is 2.37. The normalized spacial score (nSPS) is 26.4.